The number of rotatable bonds is 7. The number of amides is 2. The summed E-state index contributed by atoms with van der Waals surface area (Å²) in [5.41, 5.74) is 0.190. The van der Waals surface area contributed by atoms with Gasteiger partial charge < -0.3 is 5.11 Å². The number of imide groups is 1. The Morgan fingerprint density at radius 3 is 2.43 bits per heavy atom. The van der Waals surface area contributed by atoms with E-state index in [1.165, 1.54) is 4.90 Å². The number of carbonyl (C=O) groups is 2. The first-order chi connectivity index (χ1) is 10.1. The second-order valence-corrected chi connectivity index (χ2v) is 5.86. The van der Waals surface area contributed by atoms with E-state index in [1.807, 2.05) is 37.3 Å². The fourth-order valence-corrected chi connectivity index (χ4v) is 2.88. The third-order valence-corrected chi connectivity index (χ3v) is 4.22. The fraction of sp³-hybridized carbons (Fsp3) is 0.529. The maximum atomic E-state index is 12.6. The molecule has 1 aromatic carbocycles. The van der Waals surface area contributed by atoms with E-state index in [-0.39, 0.29) is 24.8 Å². The Bertz CT molecular complexity index is 500. The van der Waals surface area contributed by atoms with Gasteiger partial charge in [0.1, 0.15) is 0 Å². The van der Waals surface area contributed by atoms with Gasteiger partial charge in [0.15, 0.2) is 0 Å². The van der Waals surface area contributed by atoms with Crippen molar-refractivity contribution >= 4 is 11.8 Å². The molecule has 1 saturated heterocycles. The van der Waals surface area contributed by atoms with E-state index in [2.05, 4.69) is 0 Å². The number of benzene rings is 1. The summed E-state index contributed by atoms with van der Waals surface area (Å²) in [5.74, 6) is -0.158. The van der Waals surface area contributed by atoms with Crippen LogP contribution in [0.15, 0.2) is 30.3 Å². The summed E-state index contributed by atoms with van der Waals surface area (Å²) in [6.45, 7) is 2.55. The molecule has 1 aliphatic rings. The van der Waals surface area contributed by atoms with Crippen LogP contribution in [0.5, 0.6) is 0 Å². The SMILES string of the molecule is CC1(c2ccccc2)CC(=O)N(CCCCCCO)C1=O. The number of hydrogen-bond donors (Lipinski definition) is 1. The van der Waals surface area contributed by atoms with Crippen molar-refractivity contribution < 1.29 is 14.7 Å². The maximum Gasteiger partial charge on any atom is 0.240 e. The molecule has 1 atom stereocenters. The van der Waals surface area contributed by atoms with Crippen LogP contribution in [0, 0.1) is 0 Å². The number of unbranched alkanes of at least 4 members (excludes halogenated alkanes) is 3. The molecule has 4 heteroatoms. The molecule has 0 saturated carbocycles. The lowest BCUT2D eigenvalue weighted by atomic mass is 9.81. The fourth-order valence-electron chi connectivity index (χ4n) is 2.88. The van der Waals surface area contributed by atoms with Gasteiger partial charge in [-0.15, -0.1) is 0 Å². The normalized spacial score (nSPS) is 22.1. The third-order valence-electron chi connectivity index (χ3n) is 4.22. The van der Waals surface area contributed by atoms with Crippen LogP contribution in [0.25, 0.3) is 0 Å². The molecule has 114 valence electrons. The van der Waals surface area contributed by atoms with Crippen LogP contribution in [0.3, 0.4) is 0 Å². The molecule has 0 aliphatic carbocycles. The monoisotopic (exact) mass is 289 g/mol. The van der Waals surface area contributed by atoms with Crippen molar-refractivity contribution in [2.45, 2.75) is 44.4 Å². The van der Waals surface area contributed by atoms with Crippen LogP contribution >= 0.6 is 0 Å². The Labute approximate surface area is 125 Å². The standard InChI is InChI=1S/C17H23NO3/c1-17(14-9-5-4-6-10-14)13-15(20)18(16(17)21)11-7-2-3-8-12-19/h4-6,9-10,19H,2-3,7-8,11-13H2,1H3. The van der Waals surface area contributed by atoms with Crippen molar-refractivity contribution in [2.24, 2.45) is 0 Å². The lowest BCUT2D eigenvalue weighted by Gasteiger charge is -2.22. The molecule has 4 nitrogen and oxygen atoms in total. The first kappa shape index (κ1) is 15.7. The summed E-state index contributed by atoms with van der Waals surface area (Å²) in [5, 5.41) is 8.74. The van der Waals surface area contributed by atoms with E-state index in [0.29, 0.717) is 6.54 Å². The van der Waals surface area contributed by atoms with Crippen molar-refractivity contribution in [3.63, 3.8) is 0 Å². The van der Waals surface area contributed by atoms with E-state index in [4.69, 9.17) is 5.11 Å². The summed E-state index contributed by atoms with van der Waals surface area (Å²) < 4.78 is 0. The molecule has 1 fully saturated rings. The molecule has 0 radical (unpaired) electrons. The zero-order chi connectivity index (χ0) is 15.3. The molecule has 1 aromatic rings. The van der Waals surface area contributed by atoms with Gasteiger partial charge in [0.25, 0.3) is 0 Å². The second-order valence-electron chi connectivity index (χ2n) is 5.86. The molecule has 1 N–H and O–H groups in total. The van der Waals surface area contributed by atoms with Crippen molar-refractivity contribution in [1.29, 1.82) is 0 Å². The number of aliphatic hydroxyl groups excluding tert-OH is 1. The van der Waals surface area contributed by atoms with E-state index < -0.39 is 5.41 Å². The van der Waals surface area contributed by atoms with E-state index in [0.717, 1.165) is 31.2 Å². The van der Waals surface area contributed by atoms with Crippen molar-refractivity contribution in [2.75, 3.05) is 13.2 Å². The van der Waals surface area contributed by atoms with Crippen molar-refractivity contribution in [3.05, 3.63) is 35.9 Å². The average Bonchev–Trinajstić information content (AvgIpc) is 2.72. The minimum absolute atomic E-state index is 0.0755. The molecule has 2 amide bonds. The molecule has 0 bridgehead atoms. The highest BCUT2D eigenvalue weighted by molar-refractivity contribution is 6.08. The highest BCUT2D eigenvalue weighted by Crippen LogP contribution is 2.36. The van der Waals surface area contributed by atoms with Crippen LogP contribution in [0.2, 0.25) is 0 Å². The van der Waals surface area contributed by atoms with Crippen LogP contribution in [0.4, 0.5) is 0 Å². The van der Waals surface area contributed by atoms with Crippen molar-refractivity contribution in [3.8, 4) is 0 Å². The van der Waals surface area contributed by atoms with Gasteiger partial charge in [0.2, 0.25) is 11.8 Å². The Hall–Kier alpha value is -1.68. The summed E-state index contributed by atoms with van der Waals surface area (Å²) >= 11 is 0. The predicted octanol–water partition coefficient (Wildman–Crippen LogP) is 2.26. The molecule has 1 aliphatic heterocycles. The second kappa shape index (κ2) is 6.85. The zero-order valence-corrected chi connectivity index (χ0v) is 12.5. The molecule has 2 rings (SSSR count). The number of aliphatic hydroxyl groups is 1. The number of likely N-dealkylation sites (tertiary alicyclic amines) is 1. The minimum atomic E-state index is -0.719. The third kappa shape index (κ3) is 3.32. The largest absolute Gasteiger partial charge is 0.396 e. The van der Waals surface area contributed by atoms with Gasteiger partial charge in [0.05, 0.1) is 5.41 Å². The number of carbonyl (C=O) groups excluding carboxylic acids is 2. The highest BCUT2D eigenvalue weighted by Gasteiger charge is 2.48. The molecule has 1 heterocycles. The smallest absolute Gasteiger partial charge is 0.240 e. The zero-order valence-electron chi connectivity index (χ0n) is 12.5. The summed E-state index contributed by atoms with van der Waals surface area (Å²) in [6, 6.07) is 9.53. The number of nitrogens with zero attached hydrogens (tertiary/aromatic N) is 1. The van der Waals surface area contributed by atoms with Crippen LogP contribution in [-0.2, 0) is 15.0 Å². The van der Waals surface area contributed by atoms with Crippen LogP contribution < -0.4 is 0 Å². The molecule has 1 unspecified atom stereocenters. The topological polar surface area (TPSA) is 57.6 Å². The van der Waals surface area contributed by atoms with Crippen molar-refractivity contribution in [1.82, 2.24) is 4.90 Å². The Kier molecular flexibility index (Phi) is 5.12. The average molecular weight is 289 g/mol. The van der Waals surface area contributed by atoms with Crippen LogP contribution in [-0.4, -0.2) is 35.0 Å². The Morgan fingerprint density at radius 2 is 1.76 bits per heavy atom. The summed E-state index contributed by atoms with van der Waals surface area (Å²) in [7, 11) is 0. The highest BCUT2D eigenvalue weighted by atomic mass is 16.3. The quantitative estimate of drug-likeness (QED) is 0.619. The van der Waals surface area contributed by atoms with E-state index in [9.17, 15) is 9.59 Å². The maximum absolute atomic E-state index is 12.6. The van der Waals surface area contributed by atoms with Gasteiger partial charge in [-0.1, -0.05) is 43.2 Å². The first-order valence-electron chi connectivity index (χ1n) is 7.61. The van der Waals surface area contributed by atoms with Crippen LogP contribution in [0.1, 0.15) is 44.6 Å². The molecular weight excluding hydrogens is 266 g/mol. The van der Waals surface area contributed by atoms with Gasteiger partial charge >= 0.3 is 0 Å². The van der Waals surface area contributed by atoms with Gasteiger partial charge in [-0.25, -0.2) is 0 Å². The predicted molar refractivity (Wildman–Crippen MR) is 80.7 cm³/mol. The molecule has 0 spiro atoms. The van der Waals surface area contributed by atoms with E-state index >= 15 is 0 Å². The lowest BCUT2D eigenvalue weighted by molar-refractivity contribution is -0.139. The molecule has 0 aromatic heterocycles. The Balaban J connectivity index is 2.00. The van der Waals surface area contributed by atoms with Gasteiger partial charge in [-0.3, -0.25) is 14.5 Å². The summed E-state index contributed by atoms with van der Waals surface area (Å²) in [6.07, 6.45) is 3.71. The lowest BCUT2D eigenvalue weighted by Crippen LogP contribution is -2.37. The molecular formula is C17H23NO3. The summed E-state index contributed by atoms with van der Waals surface area (Å²) in [4.78, 5) is 26.2. The van der Waals surface area contributed by atoms with Gasteiger partial charge in [-0.2, -0.15) is 0 Å². The van der Waals surface area contributed by atoms with E-state index in [1.54, 1.807) is 0 Å². The first-order valence-corrected chi connectivity index (χ1v) is 7.61. The minimum Gasteiger partial charge on any atom is -0.396 e. The van der Waals surface area contributed by atoms with Gasteiger partial charge in [0, 0.05) is 19.6 Å². The number of hydrogen-bond acceptors (Lipinski definition) is 3. The molecule has 21 heavy (non-hydrogen) atoms. The van der Waals surface area contributed by atoms with Gasteiger partial charge in [-0.05, 0) is 25.3 Å². The Morgan fingerprint density at radius 1 is 1.10 bits per heavy atom.